The number of nitrogens with one attached hydrogen (secondary N) is 1. The average Bonchev–Trinajstić information content (AvgIpc) is 2.58. The molecule has 0 saturated heterocycles. The lowest BCUT2D eigenvalue weighted by molar-refractivity contribution is 0.0661. The Kier molecular flexibility index (Phi) is 3.91. The summed E-state index contributed by atoms with van der Waals surface area (Å²) >= 11 is 0. The normalized spacial score (nSPS) is 13.6. The smallest absolute Gasteiger partial charge is 0.371 e. The third-order valence-electron chi connectivity index (χ3n) is 1.94. The van der Waals surface area contributed by atoms with Gasteiger partial charge in [0.25, 0.3) is 0 Å². The maximum absolute atomic E-state index is 11.7. The Hall–Kier alpha value is -1.38. The molecule has 0 amide bonds. The van der Waals surface area contributed by atoms with Gasteiger partial charge >= 0.3 is 5.97 Å². The van der Waals surface area contributed by atoms with E-state index in [1.165, 1.54) is 13.8 Å². The van der Waals surface area contributed by atoms with Crippen LogP contribution >= 0.6 is 0 Å². The molecular formula is C9H13NO6S. The largest absolute Gasteiger partial charge is 0.475 e. The predicted molar refractivity (Wildman–Crippen MR) is 57.3 cm³/mol. The van der Waals surface area contributed by atoms with Gasteiger partial charge in [-0.2, -0.15) is 0 Å². The number of aryl methyl sites for hydroxylation is 1. The molecule has 0 bridgehead atoms. The first-order valence-corrected chi connectivity index (χ1v) is 6.24. The summed E-state index contributed by atoms with van der Waals surface area (Å²) < 4.78 is 30.4. The number of aliphatic hydroxyl groups excluding tert-OH is 1. The second-order valence-corrected chi connectivity index (χ2v) is 5.27. The number of carbonyl (C=O) groups is 1. The van der Waals surface area contributed by atoms with Gasteiger partial charge in [0.2, 0.25) is 15.8 Å². The lowest BCUT2D eigenvalue weighted by atomic mass is 10.4. The van der Waals surface area contributed by atoms with Crippen molar-refractivity contribution in [2.45, 2.75) is 24.8 Å². The molecule has 1 aromatic heterocycles. The zero-order valence-corrected chi connectivity index (χ0v) is 10.1. The SMILES string of the molecule is Cc1oc(C(=O)O)cc1S(=O)(=O)NCC(C)O. The van der Waals surface area contributed by atoms with E-state index >= 15 is 0 Å². The highest BCUT2D eigenvalue weighted by Gasteiger charge is 2.23. The maximum Gasteiger partial charge on any atom is 0.371 e. The van der Waals surface area contributed by atoms with Gasteiger partial charge in [-0.15, -0.1) is 0 Å². The van der Waals surface area contributed by atoms with Crippen LogP contribution in [0.1, 0.15) is 23.2 Å². The van der Waals surface area contributed by atoms with E-state index in [1.54, 1.807) is 0 Å². The van der Waals surface area contributed by atoms with Crippen LogP contribution in [0.5, 0.6) is 0 Å². The number of rotatable bonds is 5. The molecule has 1 unspecified atom stereocenters. The molecule has 0 aliphatic rings. The molecule has 8 heteroatoms. The fourth-order valence-corrected chi connectivity index (χ4v) is 2.44. The minimum Gasteiger partial charge on any atom is -0.475 e. The molecule has 1 atom stereocenters. The van der Waals surface area contributed by atoms with Gasteiger partial charge in [0.15, 0.2) is 0 Å². The Morgan fingerprint density at radius 3 is 2.59 bits per heavy atom. The van der Waals surface area contributed by atoms with Crippen LogP contribution in [0.4, 0.5) is 0 Å². The van der Waals surface area contributed by atoms with Crippen molar-refractivity contribution in [3.05, 3.63) is 17.6 Å². The van der Waals surface area contributed by atoms with E-state index in [-0.39, 0.29) is 17.2 Å². The molecule has 96 valence electrons. The molecule has 7 nitrogen and oxygen atoms in total. The fourth-order valence-electron chi connectivity index (χ4n) is 1.15. The maximum atomic E-state index is 11.7. The minimum absolute atomic E-state index is 0.0134. The Labute approximate surface area is 98.1 Å². The number of hydrogen-bond acceptors (Lipinski definition) is 5. The number of hydrogen-bond donors (Lipinski definition) is 3. The van der Waals surface area contributed by atoms with Crippen LogP contribution in [0.2, 0.25) is 0 Å². The van der Waals surface area contributed by atoms with E-state index in [0.717, 1.165) is 6.07 Å². The number of carboxylic acid groups (broad SMARTS) is 1. The summed E-state index contributed by atoms with van der Waals surface area (Å²) in [4.78, 5) is 10.4. The minimum atomic E-state index is -3.87. The Morgan fingerprint density at radius 2 is 2.18 bits per heavy atom. The molecule has 17 heavy (non-hydrogen) atoms. The van der Waals surface area contributed by atoms with E-state index < -0.39 is 27.9 Å². The van der Waals surface area contributed by atoms with E-state index in [1.807, 2.05) is 0 Å². The Morgan fingerprint density at radius 1 is 1.59 bits per heavy atom. The van der Waals surface area contributed by atoms with E-state index in [0.29, 0.717) is 0 Å². The summed E-state index contributed by atoms with van der Waals surface area (Å²) in [5.41, 5.74) is 0. The second-order valence-electron chi connectivity index (χ2n) is 3.54. The first-order chi connectivity index (χ1) is 7.74. The number of aromatic carboxylic acids is 1. The van der Waals surface area contributed by atoms with Crippen LogP contribution in [0.3, 0.4) is 0 Å². The third-order valence-corrected chi connectivity index (χ3v) is 3.47. The van der Waals surface area contributed by atoms with Crippen molar-refractivity contribution in [2.75, 3.05) is 6.54 Å². The van der Waals surface area contributed by atoms with Crippen molar-refractivity contribution >= 4 is 16.0 Å². The fraction of sp³-hybridized carbons (Fsp3) is 0.444. The van der Waals surface area contributed by atoms with E-state index in [4.69, 9.17) is 14.6 Å². The Balaban J connectivity index is 3.03. The van der Waals surface area contributed by atoms with Crippen LogP contribution in [0.25, 0.3) is 0 Å². The summed E-state index contributed by atoms with van der Waals surface area (Å²) in [5, 5.41) is 17.6. The number of carboxylic acids is 1. The van der Waals surface area contributed by atoms with Gasteiger partial charge in [0.05, 0.1) is 6.10 Å². The summed E-state index contributed by atoms with van der Waals surface area (Å²) in [6.07, 6.45) is -0.837. The average molecular weight is 263 g/mol. The highest BCUT2D eigenvalue weighted by atomic mass is 32.2. The topological polar surface area (TPSA) is 117 Å². The lowest BCUT2D eigenvalue weighted by Crippen LogP contribution is -2.30. The number of sulfonamides is 1. The van der Waals surface area contributed by atoms with Crippen LogP contribution < -0.4 is 4.72 Å². The standard InChI is InChI=1S/C9H13NO6S/c1-5(11)4-10-17(14,15)8-3-7(9(12)13)16-6(8)2/h3,5,10-11H,4H2,1-2H3,(H,12,13). The molecule has 0 spiro atoms. The van der Waals surface area contributed by atoms with Gasteiger partial charge in [-0.25, -0.2) is 17.9 Å². The van der Waals surface area contributed by atoms with E-state index in [9.17, 15) is 13.2 Å². The van der Waals surface area contributed by atoms with Gasteiger partial charge in [-0.3, -0.25) is 0 Å². The molecule has 1 rings (SSSR count). The molecule has 0 aliphatic heterocycles. The molecule has 0 radical (unpaired) electrons. The van der Waals surface area contributed by atoms with Crippen LogP contribution in [0.15, 0.2) is 15.4 Å². The zero-order chi connectivity index (χ0) is 13.2. The molecule has 0 aromatic carbocycles. The van der Waals surface area contributed by atoms with Gasteiger partial charge < -0.3 is 14.6 Å². The summed E-state index contributed by atoms with van der Waals surface area (Å²) in [7, 11) is -3.87. The molecule has 1 heterocycles. The zero-order valence-electron chi connectivity index (χ0n) is 9.30. The van der Waals surface area contributed by atoms with Crippen molar-refractivity contribution in [1.82, 2.24) is 4.72 Å². The van der Waals surface area contributed by atoms with Crippen molar-refractivity contribution < 1.29 is 27.8 Å². The summed E-state index contributed by atoms with van der Waals surface area (Å²) in [5.74, 6) is -1.80. The summed E-state index contributed by atoms with van der Waals surface area (Å²) in [6, 6.07) is 0.933. The second kappa shape index (κ2) is 4.86. The molecule has 0 saturated carbocycles. The van der Waals surface area contributed by atoms with Crippen molar-refractivity contribution in [2.24, 2.45) is 0 Å². The van der Waals surface area contributed by atoms with Gasteiger partial charge in [-0.05, 0) is 13.8 Å². The first kappa shape index (κ1) is 13.7. The van der Waals surface area contributed by atoms with Gasteiger partial charge in [0, 0.05) is 12.6 Å². The number of furan rings is 1. The quantitative estimate of drug-likeness (QED) is 0.685. The molecule has 1 aromatic rings. The van der Waals surface area contributed by atoms with Gasteiger partial charge in [0.1, 0.15) is 10.7 Å². The molecule has 0 fully saturated rings. The third kappa shape index (κ3) is 3.29. The predicted octanol–water partition coefficient (Wildman–Crippen LogP) is -0.0547. The molecule has 0 aliphatic carbocycles. The van der Waals surface area contributed by atoms with Crippen LogP contribution in [0, 0.1) is 6.92 Å². The Bertz CT molecular complexity index is 516. The number of aliphatic hydroxyl groups is 1. The van der Waals surface area contributed by atoms with Gasteiger partial charge in [-0.1, -0.05) is 0 Å². The van der Waals surface area contributed by atoms with Crippen molar-refractivity contribution in [3.8, 4) is 0 Å². The highest BCUT2D eigenvalue weighted by molar-refractivity contribution is 7.89. The van der Waals surface area contributed by atoms with Crippen molar-refractivity contribution in [1.29, 1.82) is 0 Å². The monoisotopic (exact) mass is 263 g/mol. The molecular weight excluding hydrogens is 250 g/mol. The summed E-state index contributed by atoms with van der Waals surface area (Å²) in [6.45, 7) is 2.62. The lowest BCUT2D eigenvalue weighted by Gasteiger charge is -2.06. The van der Waals surface area contributed by atoms with Crippen LogP contribution in [-0.4, -0.2) is 37.2 Å². The van der Waals surface area contributed by atoms with Crippen LogP contribution in [-0.2, 0) is 10.0 Å². The first-order valence-electron chi connectivity index (χ1n) is 4.75. The van der Waals surface area contributed by atoms with Crippen molar-refractivity contribution in [3.63, 3.8) is 0 Å². The molecule has 3 N–H and O–H groups in total. The van der Waals surface area contributed by atoms with E-state index in [2.05, 4.69) is 4.72 Å². The highest BCUT2D eigenvalue weighted by Crippen LogP contribution is 2.19.